The van der Waals surface area contributed by atoms with Crippen molar-refractivity contribution in [1.82, 2.24) is 5.32 Å². The van der Waals surface area contributed by atoms with Crippen LogP contribution >= 0.6 is 0 Å². The molecule has 27 heavy (non-hydrogen) atoms. The van der Waals surface area contributed by atoms with Gasteiger partial charge in [-0.05, 0) is 36.2 Å². The number of nitrogens with one attached hydrogen (secondary N) is 1. The van der Waals surface area contributed by atoms with Gasteiger partial charge in [0.1, 0.15) is 0 Å². The molecule has 0 bridgehead atoms. The fraction of sp³-hybridized carbons (Fsp3) is 0.417. The summed E-state index contributed by atoms with van der Waals surface area (Å²) < 4.78 is 6.48. The van der Waals surface area contributed by atoms with Gasteiger partial charge in [-0.25, -0.2) is 0 Å². The van der Waals surface area contributed by atoms with Crippen LogP contribution in [0.4, 0.5) is 0 Å². The van der Waals surface area contributed by atoms with Gasteiger partial charge in [-0.15, -0.1) is 0 Å². The minimum atomic E-state index is -1.76. The van der Waals surface area contributed by atoms with E-state index in [1.165, 1.54) is 11.1 Å². The fourth-order valence-electron chi connectivity index (χ4n) is 2.73. The highest BCUT2D eigenvalue weighted by atomic mass is 28.4. The van der Waals surface area contributed by atoms with Crippen LogP contribution in [0.15, 0.2) is 72.8 Å². The highest BCUT2D eigenvalue weighted by Gasteiger charge is 2.38. The molecule has 2 nitrogen and oxygen atoms in total. The van der Waals surface area contributed by atoms with Crippen molar-refractivity contribution in [3.05, 3.63) is 83.9 Å². The minimum absolute atomic E-state index is 0.107. The van der Waals surface area contributed by atoms with Gasteiger partial charge in [0, 0.05) is 6.54 Å². The summed E-state index contributed by atoms with van der Waals surface area (Å²) in [4.78, 5) is 0. The monoisotopic (exact) mass is 381 g/mol. The van der Waals surface area contributed by atoms with Crippen molar-refractivity contribution < 1.29 is 4.43 Å². The lowest BCUT2D eigenvalue weighted by Crippen LogP contribution is -2.42. The lowest BCUT2D eigenvalue weighted by molar-refractivity contribution is 0.242. The molecule has 0 amide bonds. The third kappa shape index (κ3) is 6.76. The Balaban J connectivity index is 2.08. The van der Waals surface area contributed by atoms with Gasteiger partial charge in [-0.1, -0.05) is 93.6 Å². The van der Waals surface area contributed by atoms with Crippen LogP contribution in [0.25, 0.3) is 0 Å². The summed E-state index contributed by atoms with van der Waals surface area (Å²) in [5.41, 5.74) is 2.56. The lowest BCUT2D eigenvalue weighted by Gasteiger charge is -2.38. The molecule has 2 atom stereocenters. The quantitative estimate of drug-likeness (QED) is 0.417. The molecular weight excluding hydrogens is 346 g/mol. The normalized spacial score (nSPS) is 15.0. The van der Waals surface area contributed by atoms with E-state index in [4.69, 9.17) is 4.43 Å². The molecule has 2 aromatic carbocycles. The number of benzene rings is 2. The molecule has 2 rings (SSSR count). The van der Waals surface area contributed by atoms with Crippen molar-refractivity contribution in [3.63, 3.8) is 0 Å². The van der Waals surface area contributed by atoms with E-state index in [9.17, 15) is 0 Å². The molecule has 0 heterocycles. The Bertz CT molecular complexity index is 704. The molecule has 0 saturated heterocycles. The zero-order valence-electron chi connectivity index (χ0n) is 17.7. The Morgan fingerprint density at radius 2 is 1.48 bits per heavy atom. The first-order valence-electron chi connectivity index (χ1n) is 9.87. The third-order valence-corrected chi connectivity index (χ3v) is 9.96. The first-order valence-corrected chi connectivity index (χ1v) is 12.8. The predicted octanol–water partition coefficient (Wildman–Crippen LogP) is 6.48. The summed E-state index contributed by atoms with van der Waals surface area (Å²) >= 11 is 0. The first-order chi connectivity index (χ1) is 12.7. The van der Waals surface area contributed by atoms with Gasteiger partial charge in [-0.2, -0.15) is 0 Å². The first kappa shape index (κ1) is 21.6. The van der Waals surface area contributed by atoms with E-state index >= 15 is 0 Å². The van der Waals surface area contributed by atoms with Crippen molar-refractivity contribution >= 4 is 8.32 Å². The van der Waals surface area contributed by atoms with E-state index in [0.717, 1.165) is 6.54 Å². The maximum Gasteiger partial charge on any atom is 0.192 e. The molecule has 146 valence electrons. The third-order valence-electron chi connectivity index (χ3n) is 5.39. The number of hydrogen-bond donors (Lipinski definition) is 1. The molecule has 0 saturated carbocycles. The molecule has 0 unspecified atom stereocenters. The predicted molar refractivity (Wildman–Crippen MR) is 119 cm³/mol. The largest absolute Gasteiger partial charge is 0.411 e. The average Bonchev–Trinajstić information content (AvgIpc) is 2.62. The molecule has 0 aliphatic heterocycles. The molecule has 0 aromatic heterocycles. The maximum atomic E-state index is 6.48. The van der Waals surface area contributed by atoms with Crippen LogP contribution in [0, 0.1) is 0 Å². The molecule has 0 spiro atoms. The van der Waals surface area contributed by atoms with Gasteiger partial charge >= 0.3 is 0 Å². The van der Waals surface area contributed by atoms with Crippen LogP contribution in [0.2, 0.25) is 18.1 Å². The summed E-state index contributed by atoms with van der Waals surface area (Å²) in [5, 5.41) is 3.89. The molecule has 0 aliphatic rings. The molecule has 1 N–H and O–H groups in total. The van der Waals surface area contributed by atoms with Gasteiger partial charge in [0.2, 0.25) is 0 Å². The van der Waals surface area contributed by atoms with Gasteiger partial charge in [-0.3, -0.25) is 0 Å². The summed E-state index contributed by atoms with van der Waals surface area (Å²) in [7, 11) is -1.76. The van der Waals surface area contributed by atoms with Crippen LogP contribution in [0.1, 0.15) is 44.9 Å². The Morgan fingerprint density at radius 1 is 0.926 bits per heavy atom. The highest BCUT2D eigenvalue weighted by Crippen LogP contribution is 2.37. The zero-order valence-corrected chi connectivity index (χ0v) is 18.7. The zero-order chi connectivity index (χ0) is 19.9. The molecule has 0 radical (unpaired) electrons. The minimum Gasteiger partial charge on any atom is -0.411 e. The van der Waals surface area contributed by atoms with Crippen molar-refractivity contribution in [2.75, 3.05) is 0 Å². The van der Waals surface area contributed by atoms with E-state index < -0.39 is 8.32 Å². The molecule has 3 heteroatoms. The van der Waals surface area contributed by atoms with Gasteiger partial charge in [0.25, 0.3) is 0 Å². The maximum absolute atomic E-state index is 6.48. The van der Waals surface area contributed by atoms with E-state index in [-0.39, 0.29) is 17.2 Å². The Hall–Kier alpha value is -1.68. The SMILES string of the molecule is C[C@@H](/C=C/[C@H](NCc1ccccc1)c1ccccc1)O[Si](C)(C)C(C)(C)C. The standard InChI is InChI=1S/C24H35NOSi/c1-20(26-27(5,6)24(2,3)4)17-18-23(22-15-11-8-12-16-22)25-19-21-13-9-7-10-14-21/h7-18,20,23,25H,19H2,1-6H3/b18-17+/t20-,23-/m0/s1. The number of rotatable bonds is 8. The van der Waals surface area contributed by atoms with Gasteiger partial charge in [0.15, 0.2) is 8.32 Å². The van der Waals surface area contributed by atoms with Gasteiger partial charge < -0.3 is 9.74 Å². The fourth-order valence-corrected chi connectivity index (χ4v) is 4.09. The molecule has 0 fully saturated rings. The summed E-state index contributed by atoms with van der Waals surface area (Å²) in [6.45, 7) is 14.4. The van der Waals surface area contributed by atoms with E-state index in [2.05, 4.69) is 119 Å². The topological polar surface area (TPSA) is 21.3 Å². The molecular formula is C24H35NOSi. The Kier molecular flexibility index (Phi) is 7.60. The molecule has 0 aliphatic carbocycles. The summed E-state index contributed by atoms with van der Waals surface area (Å²) in [6, 6.07) is 21.3. The Labute approximate surface area is 166 Å². The smallest absolute Gasteiger partial charge is 0.192 e. The van der Waals surface area contributed by atoms with E-state index in [1.54, 1.807) is 0 Å². The van der Waals surface area contributed by atoms with Crippen LogP contribution < -0.4 is 5.32 Å². The highest BCUT2D eigenvalue weighted by molar-refractivity contribution is 6.74. The van der Waals surface area contributed by atoms with Crippen LogP contribution in [0.3, 0.4) is 0 Å². The molecule has 2 aromatic rings. The number of hydrogen-bond acceptors (Lipinski definition) is 2. The van der Waals surface area contributed by atoms with Gasteiger partial charge in [0.05, 0.1) is 12.1 Å². The second-order valence-corrected chi connectivity index (χ2v) is 13.5. The van der Waals surface area contributed by atoms with E-state index in [1.807, 2.05) is 0 Å². The lowest BCUT2D eigenvalue weighted by atomic mass is 10.1. The summed E-state index contributed by atoms with van der Waals surface area (Å²) in [6.07, 6.45) is 4.56. The average molecular weight is 382 g/mol. The van der Waals surface area contributed by atoms with Crippen molar-refractivity contribution in [3.8, 4) is 0 Å². The van der Waals surface area contributed by atoms with E-state index in [0.29, 0.717) is 0 Å². The van der Waals surface area contributed by atoms with Crippen LogP contribution in [-0.2, 0) is 11.0 Å². The van der Waals surface area contributed by atoms with Crippen molar-refractivity contribution in [1.29, 1.82) is 0 Å². The van der Waals surface area contributed by atoms with Crippen LogP contribution in [0.5, 0.6) is 0 Å². The second-order valence-electron chi connectivity index (χ2n) is 8.72. The second kappa shape index (κ2) is 9.49. The van der Waals surface area contributed by atoms with Crippen LogP contribution in [-0.4, -0.2) is 14.4 Å². The van der Waals surface area contributed by atoms with Crippen molar-refractivity contribution in [2.45, 2.75) is 64.5 Å². The Morgan fingerprint density at radius 3 is 2.04 bits per heavy atom. The van der Waals surface area contributed by atoms with Crippen molar-refractivity contribution in [2.24, 2.45) is 0 Å². The summed E-state index contributed by atoms with van der Waals surface area (Å²) in [5.74, 6) is 0.